The highest BCUT2D eigenvalue weighted by atomic mass is 32.2. The maximum atomic E-state index is 12.7. The Labute approximate surface area is 191 Å². The van der Waals surface area contributed by atoms with Crippen LogP contribution < -0.4 is 10.1 Å². The summed E-state index contributed by atoms with van der Waals surface area (Å²) in [4.78, 5) is 12.7. The molecule has 1 N–H and O–H groups in total. The number of benzene rings is 3. The summed E-state index contributed by atoms with van der Waals surface area (Å²) in [7, 11) is 1.64. The number of amides is 1. The number of thioether (sulfide) groups is 1. The molecule has 32 heavy (non-hydrogen) atoms. The van der Waals surface area contributed by atoms with Crippen molar-refractivity contribution < 1.29 is 9.53 Å². The van der Waals surface area contributed by atoms with Crippen molar-refractivity contribution in [1.29, 1.82) is 0 Å². The molecule has 4 rings (SSSR count). The minimum Gasteiger partial charge on any atom is -0.497 e. The summed E-state index contributed by atoms with van der Waals surface area (Å²) in [6.45, 7) is 3.99. The molecular formula is C25H24N4O2S. The third-order valence-electron chi connectivity index (χ3n) is 5.00. The van der Waals surface area contributed by atoms with Crippen LogP contribution in [0.5, 0.6) is 5.75 Å². The van der Waals surface area contributed by atoms with Crippen LogP contribution in [-0.4, -0.2) is 33.5 Å². The minimum atomic E-state index is -0.0887. The van der Waals surface area contributed by atoms with Crippen molar-refractivity contribution in [2.75, 3.05) is 18.2 Å². The van der Waals surface area contributed by atoms with Crippen molar-refractivity contribution in [3.63, 3.8) is 0 Å². The molecule has 3 aromatic carbocycles. The summed E-state index contributed by atoms with van der Waals surface area (Å²) in [5.41, 5.74) is 4.80. The minimum absolute atomic E-state index is 0.0887. The second-order valence-electron chi connectivity index (χ2n) is 7.36. The number of aryl methyl sites for hydroxylation is 2. The van der Waals surface area contributed by atoms with Gasteiger partial charge in [-0.15, -0.1) is 10.2 Å². The van der Waals surface area contributed by atoms with E-state index in [2.05, 4.69) is 15.5 Å². The van der Waals surface area contributed by atoms with Crippen LogP contribution in [0, 0.1) is 13.8 Å². The fourth-order valence-electron chi connectivity index (χ4n) is 3.29. The molecule has 0 atom stereocenters. The first-order valence-electron chi connectivity index (χ1n) is 10.2. The van der Waals surface area contributed by atoms with Gasteiger partial charge in [0, 0.05) is 16.9 Å². The van der Waals surface area contributed by atoms with Crippen molar-refractivity contribution in [3.05, 3.63) is 83.9 Å². The lowest BCUT2D eigenvalue weighted by Crippen LogP contribution is -2.15. The summed E-state index contributed by atoms with van der Waals surface area (Å²) in [6, 6.07) is 23.6. The van der Waals surface area contributed by atoms with E-state index in [1.54, 1.807) is 7.11 Å². The molecule has 0 spiro atoms. The number of aromatic nitrogens is 3. The van der Waals surface area contributed by atoms with E-state index in [1.165, 1.54) is 11.8 Å². The molecule has 162 valence electrons. The average molecular weight is 445 g/mol. The molecule has 7 heteroatoms. The van der Waals surface area contributed by atoms with Crippen molar-refractivity contribution in [2.24, 2.45) is 0 Å². The lowest BCUT2D eigenvalue weighted by atomic mass is 10.1. The molecular weight excluding hydrogens is 420 g/mol. The van der Waals surface area contributed by atoms with Crippen LogP contribution in [0.4, 0.5) is 5.69 Å². The Morgan fingerprint density at radius 3 is 2.47 bits per heavy atom. The zero-order chi connectivity index (χ0) is 22.5. The fraction of sp³-hybridized carbons (Fsp3) is 0.160. The van der Waals surface area contributed by atoms with Gasteiger partial charge in [0.05, 0.1) is 12.9 Å². The van der Waals surface area contributed by atoms with Gasteiger partial charge in [-0.1, -0.05) is 54.2 Å². The first-order chi connectivity index (χ1) is 15.5. The van der Waals surface area contributed by atoms with Gasteiger partial charge in [-0.3, -0.25) is 9.36 Å². The molecule has 0 saturated carbocycles. The monoisotopic (exact) mass is 444 g/mol. The lowest BCUT2D eigenvalue weighted by Gasteiger charge is -2.12. The number of hydrogen-bond acceptors (Lipinski definition) is 5. The molecule has 1 amide bonds. The van der Waals surface area contributed by atoms with Gasteiger partial charge in [0.2, 0.25) is 5.91 Å². The zero-order valence-electron chi connectivity index (χ0n) is 18.2. The maximum Gasteiger partial charge on any atom is 0.234 e. The van der Waals surface area contributed by atoms with Gasteiger partial charge in [-0.2, -0.15) is 0 Å². The predicted octanol–water partition coefficient (Wildman–Crippen LogP) is 5.29. The van der Waals surface area contributed by atoms with Crippen molar-refractivity contribution in [3.8, 4) is 22.8 Å². The molecule has 0 aliphatic heterocycles. The lowest BCUT2D eigenvalue weighted by molar-refractivity contribution is -0.113. The highest BCUT2D eigenvalue weighted by molar-refractivity contribution is 7.99. The Morgan fingerprint density at radius 2 is 1.75 bits per heavy atom. The molecule has 1 heterocycles. The van der Waals surface area contributed by atoms with Crippen LogP contribution in [0.15, 0.2) is 78.0 Å². The van der Waals surface area contributed by atoms with Gasteiger partial charge < -0.3 is 10.1 Å². The zero-order valence-corrected chi connectivity index (χ0v) is 19.0. The molecule has 0 aliphatic carbocycles. The van der Waals surface area contributed by atoms with Crippen molar-refractivity contribution in [1.82, 2.24) is 14.8 Å². The number of nitrogens with one attached hydrogen (secondary N) is 1. The molecule has 6 nitrogen and oxygen atoms in total. The second kappa shape index (κ2) is 9.70. The Kier molecular flexibility index (Phi) is 6.56. The molecule has 4 aromatic rings. The number of nitrogens with zero attached hydrogens (tertiary/aromatic N) is 3. The summed E-state index contributed by atoms with van der Waals surface area (Å²) in [5, 5.41) is 12.5. The number of methoxy groups -OCH3 is 1. The number of carbonyl (C=O) groups is 1. The first-order valence-corrected chi connectivity index (χ1v) is 11.2. The molecule has 0 saturated heterocycles. The third kappa shape index (κ3) is 4.84. The van der Waals surface area contributed by atoms with E-state index in [1.807, 2.05) is 91.2 Å². The Hall–Kier alpha value is -3.58. The van der Waals surface area contributed by atoms with Crippen LogP contribution in [-0.2, 0) is 4.79 Å². The van der Waals surface area contributed by atoms with E-state index >= 15 is 0 Å². The summed E-state index contributed by atoms with van der Waals surface area (Å²) in [6.07, 6.45) is 0. The molecule has 0 unspecified atom stereocenters. The quantitative estimate of drug-likeness (QED) is 0.392. The predicted molar refractivity (Wildman–Crippen MR) is 129 cm³/mol. The Bertz CT molecular complexity index is 1220. The van der Waals surface area contributed by atoms with Crippen LogP contribution in [0.2, 0.25) is 0 Å². The molecule has 0 fully saturated rings. The van der Waals surface area contributed by atoms with E-state index in [0.717, 1.165) is 33.8 Å². The van der Waals surface area contributed by atoms with E-state index in [0.29, 0.717) is 11.0 Å². The second-order valence-corrected chi connectivity index (χ2v) is 8.30. The van der Waals surface area contributed by atoms with E-state index in [9.17, 15) is 4.79 Å². The van der Waals surface area contributed by atoms with Crippen LogP contribution in [0.1, 0.15) is 11.1 Å². The maximum absolute atomic E-state index is 12.7. The van der Waals surface area contributed by atoms with E-state index in [-0.39, 0.29) is 11.7 Å². The van der Waals surface area contributed by atoms with Crippen molar-refractivity contribution in [2.45, 2.75) is 19.0 Å². The number of carbonyl (C=O) groups excluding carboxylic acids is 1. The largest absolute Gasteiger partial charge is 0.497 e. The van der Waals surface area contributed by atoms with Crippen LogP contribution in [0.3, 0.4) is 0 Å². The molecule has 0 bridgehead atoms. The van der Waals surface area contributed by atoms with Gasteiger partial charge in [-0.25, -0.2) is 0 Å². The van der Waals surface area contributed by atoms with Crippen molar-refractivity contribution >= 4 is 23.4 Å². The Balaban J connectivity index is 1.60. The highest BCUT2D eigenvalue weighted by Gasteiger charge is 2.17. The number of anilines is 1. The fourth-order valence-corrected chi connectivity index (χ4v) is 4.04. The first kappa shape index (κ1) is 21.6. The van der Waals surface area contributed by atoms with Gasteiger partial charge in [-0.05, 0) is 55.3 Å². The summed E-state index contributed by atoms with van der Waals surface area (Å²) in [5.74, 6) is 1.61. The number of hydrogen-bond donors (Lipinski definition) is 1. The van der Waals surface area contributed by atoms with E-state index in [4.69, 9.17) is 4.74 Å². The normalized spacial score (nSPS) is 10.7. The van der Waals surface area contributed by atoms with Gasteiger partial charge in [0.25, 0.3) is 0 Å². The third-order valence-corrected chi connectivity index (χ3v) is 5.92. The summed E-state index contributed by atoms with van der Waals surface area (Å²) < 4.78 is 7.25. The standard InChI is InChI=1S/C25H24N4O2S/c1-17-9-10-18(2)22(15-17)26-23(30)16-32-25-28-27-24(19-7-5-4-6-8-19)29(25)20-11-13-21(31-3)14-12-20/h4-15H,16H2,1-3H3,(H,26,30). The van der Waals surface area contributed by atoms with Crippen LogP contribution in [0.25, 0.3) is 17.1 Å². The van der Waals surface area contributed by atoms with Crippen LogP contribution >= 0.6 is 11.8 Å². The molecule has 1 aromatic heterocycles. The van der Waals surface area contributed by atoms with Gasteiger partial charge in [0.15, 0.2) is 11.0 Å². The van der Waals surface area contributed by atoms with E-state index < -0.39 is 0 Å². The number of ether oxygens (including phenoxy) is 1. The van der Waals surface area contributed by atoms with Gasteiger partial charge in [0.1, 0.15) is 5.75 Å². The average Bonchev–Trinajstić information content (AvgIpc) is 3.25. The SMILES string of the molecule is COc1ccc(-n2c(SCC(=O)Nc3cc(C)ccc3C)nnc2-c2ccccc2)cc1. The van der Waals surface area contributed by atoms with Gasteiger partial charge >= 0.3 is 0 Å². The summed E-state index contributed by atoms with van der Waals surface area (Å²) >= 11 is 1.35. The molecule has 0 radical (unpaired) electrons. The Morgan fingerprint density at radius 1 is 1.00 bits per heavy atom. The molecule has 0 aliphatic rings. The smallest absolute Gasteiger partial charge is 0.234 e. The highest BCUT2D eigenvalue weighted by Crippen LogP contribution is 2.29. The number of rotatable bonds is 7. The topological polar surface area (TPSA) is 69.0 Å².